The lowest BCUT2D eigenvalue weighted by atomic mass is 10.3. The number of nitrogens with zero attached hydrogens (tertiary/aromatic N) is 1. The van der Waals surface area contributed by atoms with Crippen molar-refractivity contribution in [1.82, 2.24) is 4.31 Å². The molecule has 2 aromatic rings. The first-order valence-corrected chi connectivity index (χ1v) is 11.2. The number of amides is 1. The monoisotopic (exact) mass is 470 g/mol. The Labute approximate surface area is 185 Å². The molecule has 0 atom stereocenters. The summed E-state index contributed by atoms with van der Waals surface area (Å²) in [6, 6.07) is 9.36. The maximum absolute atomic E-state index is 12.9. The molecule has 31 heavy (non-hydrogen) atoms. The van der Waals surface area contributed by atoms with E-state index in [1.54, 1.807) is 18.2 Å². The highest BCUT2D eigenvalue weighted by Gasteiger charge is 2.28. The van der Waals surface area contributed by atoms with Gasteiger partial charge in [-0.2, -0.15) is 4.31 Å². The number of nitrogens with one attached hydrogen (secondary N) is 1. The van der Waals surface area contributed by atoms with Crippen LogP contribution in [0.15, 0.2) is 41.3 Å². The first kappa shape index (κ1) is 23.1. The van der Waals surface area contributed by atoms with Crippen molar-refractivity contribution < 1.29 is 32.2 Å². The Bertz CT molecular complexity index is 1020. The van der Waals surface area contributed by atoms with Crippen LogP contribution in [-0.4, -0.2) is 65.8 Å². The van der Waals surface area contributed by atoms with Crippen molar-refractivity contribution in [3.8, 4) is 17.2 Å². The van der Waals surface area contributed by atoms with Gasteiger partial charge in [-0.1, -0.05) is 17.7 Å². The summed E-state index contributed by atoms with van der Waals surface area (Å²) in [6.07, 6.45) is 0. The van der Waals surface area contributed by atoms with Gasteiger partial charge in [0.05, 0.1) is 32.5 Å². The van der Waals surface area contributed by atoms with Gasteiger partial charge >= 0.3 is 0 Å². The summed E-state index contributed by atoms with van der Waals surface area (Å²) in [6.45, 7) is 0.770. The number of halogens is 1. The van der Waals surface area contributed by atoms with Gasteiger partial charge in [0, 0.05) is 18.8 Å². The van der Waals surface area contributed by atoms with Gasteiger partial charge in [0.1, 0.15) is 4.90 Å². The number of anilines is 1. The van der Waals surface area contributed by atoms with E-state index in [1.807, 2.05) is 0 Å². The summed E-state index contributed by atoms with van der Waals surface area (Å²) in [4.78, 5) is 12.3. The van der Waals surface area contributed by atoms with Crippen molar-refractivity contribution in [3.63, 3.8) is 0 Å². The van der Waals surface area contributed by atoms with E-state index >= 15 is 0 Å². The second-order valence-electron chi connectivity index (χ2n) is 6.49. The number of methoxy groups -OCH3 is 2. The molecule has 1 aliphatic rings. The van der Waals surface area contributed by atoms with Gasteiger partial charge in [0.2, 0.25) is 15.8 Å². The van der Waals surface area contributed by atoms with Crippen LogP contribution in [0.3, 0.4) is 0 Å². The summed E-state index contributed by atoms with van der Waals surface area (Å²) in [5.41, 5.74) is 0.275. The van der Waals surface area contributed by atoms with Gasteiger partial charge in [-0.25, -0.2) is 8.42 Å². The summed E-state index contributed by atoms with van der Waals surface area (Å²) >= 11 is 6.14. The Morgan fingerprint density at radius 1 is 1.13 bits per heavy atom. The number of rotatable bonds is 8. The molecule has 0 unspecified atom stereocenters. The van der Waals surface area contributed by atoms with E-state index < -0.39 is 15.9 Å². The van der Waals surface area contributed by atoms with Gasteiger partial charge in [0.25, 0.3) is 5.91 Å². The topological polar surface area (TPSA) is 103 Å². The van der Waals surface area contributed by atoms with Crippen LogP contribution in [0.4, 0.5) is 5.69 Å². The van der Waals surface area contributed by atoms with Gasteiger partial charge < -0.3 is 24.3 Å². The smallest absolute Gasteiger partial charge is 0.262 e. The first-order valence-electron chi connectivity index (χ1n) is 9.38. The average Bonchev–Trinajstić information content (AvgIpc) is 2.79. The molecule has 1 amide bonds. The Morgan fingerprint density at radius 3 is 2.39 bits per heavy atom. The molecule has 1 heterocycles. The molecule has 0 spiro atoms. The molecular weight excluding hydrogens is 448 g/mol. The lowest BCUT2D eigenvalue weighted by Crippen LogP contribution is -2.40. The minimum atomic E-state index is -3.82. The predicted molar refractivity (Wildman–Crippen MR) is 115 cm³/mol. The second kappa shape index (κ2) is 10.2. The molecule has 0 radical (unpaired) electrons. The van der Waals surface area contributed by atoms with Crippen molar-refractivity contribution >= 4 is 33.2 Å². The number of carbonyl (C=O) groups excluding carboxylic acids is 1. The van der Waals surface area contributed by atoms with Crippen molar-refractivity contribution in [2.24, 2.45) is 0 Å². The van der Waals surface area contributed by atoms with Gasteiger partial charge in [-0.3, -0.25) is 4.79 Å². The summed E-state index contributed by atoms with van der Waals surface area (Å²) in [7, 11) is -0.862. The molecule has 0 aromatic heterocycles. The van der Waals surface area contributed by atoms with Gasteiger partial charge in [0.15, 0.2) is 18.1 Å². The van der Waals surface area contributed by atoms with Crippen LogP contribution in [-0.2, 0) is 19.6 Å². The van der Waals surface area contributed by atoms with E-state index in [0.29, 0.717) is 24.7 Å². The minimum Gasteiger partial charge on any atom is -0.493 e. The number of para-hydroxylation sites is 1. The lowest BCUT2D eigenvalue weighted by molar-refractivity contribution is -0.118. The van der Waals surface area contributed by atoms with Crippen LogP contribution in [0.5, 0.6) is 17.2 Å². The Morgan fingerprint density at radius 2 is 1.77 bits per heavy atom. The number of ether oxygens (including phenoxy) is 4. The number of sulfonamides is 1. The molecule has 11 heteroatoms. The second-order valence-corrected chi connectivity index (χ2v) is 8.80. The standard InChI is InChI=1S/C20H23ClN2O7S/c1-27-16-4-3-5-17(28-2)20(16)30-13-19(24)22-14-6-7-15(21)18(12-14)31(25,26)23-8-10-29-11-9-23/h3-7,12H,8-11,13H2,1-2H3,(H,22,24). The molecule has 2 aromatic carbocycles. The molecule has 1 N–H and O–H groups in total. The van der Waals surface area contributed by atoms with Crippen molar-refractivity contribution in [1.29, 1.82) is 0 Å². The fraction of sp³-hybridized carbons (Fsp3) is 0.350. The Balaban J connectivity index is 1.72. The highest BCUT2D eigenvalue weighted by molar-refractivity contribution is 7.89. The number of hydrogen-bond acceptors (Lipinski definition) is 7. The molecule has 0 aliphatic carbocycles. The fourth-order valence-corrected chi connectivity index (χ4v) is 4.91. The number of carbonyl (C=O) groups is 1. The normalized spacial score (nSPS) is 14.7. The SMILES string of the molecule is COc1cccc(OC)c1OCC(=O)Nc1ccc(Cl)c(S(=O)(=O)N2CCOCC2)c1. The Kier molecular flexibility index (Phi) is 7.60. The molecule has 168 valence electrons. The summed E-state index contributed by atoms with van der Waals surface area (Å²) in [5, 5.41) is 2.69. The fourth-order valence-electron chi connectivity index (χ4n) is 3.00. The molecule has 1 fully saturated rings. The van der Waals surface area contributed by atoms with Crippen LogP contribution in [0.2, 0.25) is 5.02 Å². The maximum atomic E-state index is 12.9. The molecular formula is C20H23ClN2O7S. The summed E-state index contributed by atoms with van der Waals surface area (Å²) in [5.74, 6) is 0.620. The zero-order valence-electron chi connectivity index (χ0n) is 17.1. The highest BCUT2D eigenvalue weighted by Crippen LogP contribution is 2.36. The minimum absolute atomic E-state index is 0.0690. The zero-order valence-corrected chi connectivity index (χ0v) is 18.7. The average molecular weight is 471 g/mol. The Hall–Kier alpha value is -2.53. The van der Waals surface area contributed by atoms with E-state index in [9.17, 15) is 13.2 Å². The lowest BCUT2D eigenvalue weighted by Gasteiger charge is -2.26. The van der Waals surface area contributed by atoms with E-state index in [0.717, 1.165) is 0 Å². The largest absolute Gasteiger partial charge is 0.493 e. The van der Waals surface area contributed by atoms with E-state index in [1.165, 1.54) is 36.7 Å². The molecule has 0 bridgehead atoms. The molecule has 1 aliphatic heterocycles. The third kappa shape index (κ3) is 5.40. The van der Waals surface area contributed by atoms with Crippen LogP contribution in [0.1, 0.15) is 0 Å². The van der Waals surface area contributed by atoms with Crippen LogP contribution in [0.25, 0.3) is 0 Å². The highest BCUT2D eigenvalue weighted by atomic mass is 35.5. The van der Waals surface area contributed by atoms with Crippen LogP contribution in [0, 0.1) is 0 Å². The first-order chi connectivity index (χ1) is 14.9. The van der Waals surface area contributed by atoms with Crippen molar-refractivity contribution in [2.75, 3.05) is 52.4 Å². The van der Waals surface area contributed by atoms with Crippen LogP contribution < -0.4 is 19.5 Å². The predicted octanol–water partition coefficient (Wildman–Crippen LogP) is 2.40. The summed E-state index contributed by atoms with van der Waals surface area (Å²) < 4.78 is 48.4. The van der Waals surface area contributed by atoms with E-state index in [-0.39, 0.29) is 41.1 Å². The quantitative estimate of drug-likeness (QED) is 0.631. The number of morpholine rings is 1. The number of benzene rings is 2. The van der Waals surface area contributed by atoms with Crippen LogP contribution >= 0.6 is 11.6 Å². The zero-order chi connectivity index (χ0) is 22.4. The molecule has 1 saturated heterocycles. The van der Waals surface area contributed by atoms with E-state index in [4.69, 9.17) is 30.5 Å². The molecule has 0 saturated carbocycles. The molecule has 3 rings (SSSR count). The van der Waals surface area contributed by atoms with E-state index in [2.05, 4.69) is 5.32 Å². The third-order valence-electron chi connectivity index (χ3n) is 4.53. The maximum Gasteiger partial charge on any atom is 0.262 e. The van der Waals surface area contributed by atoms with Crippen molar-refractivity contribution in [3.05, 3.63) is 41.4 Å². The van der Waals surface area contributed by atoms with Gasteiger partial charge in [-0.15, -0.1) is 0 Å². The van der Waals surface area contributed by atoms with Gasteiger partial charge in [-0.05, 0) is 30.3 Å². The van der Waals surface area contributed by atoms with Crippen molar-refractivity contribution in [2.45, 2.75) is 4.90 Å². The third-order valence-corrected chi connectivity index (χ3v) is 6.91. The number of hydrogen-bond donors (Lipinski definition) is 1. The molecule has 9 nitrogen and oxygen atoms in total.